The van der Waals surface area contributed by atoms with Crippen LogP contribution in [0.3, 0.4) is 0 Å². The molecule has 9 heteroatoms. The largest absolute Gasteiger partial charge is 0.497 e. The molecule has 1 aliphatic heterocycles. The second-order valence-electron chi connectivity index (χ2n) is 22.0. The van der Waals surface area contributed by atoms with Gasteiger partial charge in [-0.3, -0.25) is 4.79 Å². The maximum Gasteiger partial charge on any atom is 0.407 e. The summed E-state index contributed by atoms with van der Waals surface area (Å²) in [5.74, 6) is 5.95. The molecular formula is C58H80N2O7. The smallest absolute Gasteiger partial charge is 0.407 e. The SMILES string of the molecule is COc1ccc(C(OCC2CN(C(=O)CCCNC(=O)O[C@H]3CC[C@@]4(C)C(=CCC5C4CC[C@@]4(C)C5CC[C@@H]4C(C)CCCC(C)C)C3)CC2O)(c2ccccc2)c2ccc(OC)cc2)cc1. The molecule has 1 heterocycles. The minimum absolute atomic E-state index is 0.0437. The van der Waals surface area contributed by atoms with Crippen molar-refractivity contribution in [1.29, 1.82) is 0 Å². The van der Waals surface area contributed by atoms with Crippen LogP contribution < -0.4 is 14.8 Å². The van der Waals surface area contributed by atoms with Crippen LogP contribution in [0.1, 0.15) is 135 Å². The van der Waals surface area contributed by atoms with Crippen LogP contribution in [0.15, 0.2) is 90.5 Å². The Morgan fingerprint density at radius 3 is 2.13 bits per heavy atom. The molecule has 5 aliphatic rings. The van der Waals surface area contributed by atoms with Gasteiger partial charge in [-0.05, 0) is 139 Å². The first kappa shape index (κ1) is 49.1. The molecule has 364 valence electrons. The summed E-state index contributed by atoms with van der Waals surface area (Å²) >= 11 is 0. The predicted octanol–water partition coefficient (Wildman–Crippen LogP) is 11.7. The van der Waals surface area contributed by atoms with Crippen molar-refractivity contribution in [2.45, 2.75) is 136 Å². The Balaban J connectivity index is 0.813. The van der Waals surface area contributed by atoms with Crippen LogP contribution in [0.25, 0.3) is 0 Å². The Kier molecular flexibility index (Phi) is 15.5. The lowest BCUT2D eigenvalue weighted by atomic mass is 9.47. The van der Waals surface area contributed by atoms with Crippen molar-refractivity contribution in [3.8, 4) is 11.5 Å². The number of nitrogens with zero attached hydrogens (tertiary/aromatic N) is 1. The van der Waals surface area contributed by atoms with E-state index in [1.54, 1.807) is 19.1 Å². The first-order valence-electron chi connectivity index (χ1n) is 25.9. The molecule has 0 radical (unpaired) electrons. The van der Waals surface area contributed by atoms with Gasteiger partial charge >= 0.3 is 6.09 Å². The van der Waals surface area contributed by atoms with Crippen molar-refractivity contribution in [1.82, 2.24) is 10.2 Å². The number of benzene rings is 3. The summed E-state index contributed by atoms with van der Waals surface area (Å²) in [6, 6.07) is 25.8. The summed E-state index contributed by atoms with van der Waals surface area (Å²) in [6.45, 7) is 13.6. The molecular weight excluding hydrogens is 837 g/mol. The number of amides is 2. The fourth-order valence-corrected chi connectivity index (χ4v) is 14.1. The van der Waals surface area contributed by atoms with Crippen LogP contribution in [-0.2, 0) is 19.9 Å². The van der Waals surface area contributed by atoms with Crippen molar-refractivity contribution in [2.24, 2.45) is 52.3 Å². The van der Waals surface area contributed by atoms with Gasteiger partial charge in [-0.25, -0.2) is 4.79 Å². The number of fused-ring (bicyclic) bond motifs is 5. The van der Waals surface area contributed by atoms with Gasteiger partial charge in [0, 0.05) is 38.4 Å². The molecule has 3 saturated carbocycles. The molecule has 0 bridgehead atoms. The third-order valence-corrected chi connectivity index (χ3v) is 17.8. The number of aliphatic hydroxyl groups is 1. The first-order chi connectivity index (χ1) is 32.3. The molecule has 4 aliphatic carbocycles. The number of allylic oxidation sites excluding steroid dienone is 1. The summed E-state index contributed by atoms with van der Waals surface area (Å²) in [6.07, 6.45) is 15.7. The van der Waals surface area contributed by atoms with Gasteiger partial charge in [-0.15, -0.1) is 0 Å². The Morgan fingerprint density at radius 1 is 0.806 bits per heavy atom. The lowest BCUT2D eigenvalue weighted by Gasteiger charge is -2.58. The van der Waals surface area contributed by atoms with Crippen LogP contribution in [0, 0.1) is 52.3 Å². The van der Waals surface area contributed by atoms with Gasteiger partial charge in [0.2, 0.25) is 5.91 Å². The van der Waals surface area contributed by atoms with Crippen LogP contribution in [0.5, 0.6) is 11.5 Å². The first-order valence-corrected chi connectivity index (χ1v) is 25.9. The summed E-state index contributed by atoms with van der Waals surface area (Å²) in [7, 11) is 3.29. The lowest BCUT2D eigenvalue weighted by Crippen LogP contribution is -2.51. The van der Waals surface area contributed by atoms with Crippen molar-refractivity contribution in [3.63, 3.8) is 0 Å². The maximum atomic E-state index is 13.5. The molecule has 6 unspecified atom stereocenters. The lowest BCUT2D eigenvalue weighted by molar-refractivity contribution is -0.130. The molecule has 1 saturated heterocycles. The Bertz CT molecular complexity index is 2090. The summed E-state index contributed by atoms with van der Waals surface area (Å²) in [4.78, 5) is 28.4. The van der Waals surface area contributed by atoms with E-state index in [9.17, 15) is 14.7 Å². The van der Waals surface area contributed by atoms with E-state index in [0.29, 0.717) is 24.9 Å². The van der Waals surface area contributed by atoms with E-state index >= 15 is 0 Å². The number of carbonyl (C=O) groups excluding carboxylic acids is 2. The number of methoxy groups -OCH3 is 2. The van der Waals surface area contributed by atoms with E-state index in [4.69, 9.17) is 18.9 Å². The molecule has 10 atom stereocenters. The Hall–Kier alpha value is -4.34. The minimum atomic E-state index is -1.02. The van der Waals surface area contributed by atoms with E-state index in [1.807, 2.05) is 66.7 Å². The van der Waals surface area contributed by atoms with Crippen LogP contribution in [-0.4, -0.2) is 74.7 Å². The molecule has 8 rings (SSSR count). The Labute approximate surface area is 401 Å². The number of alkyl carbamates (subject to hydrolysis) is 1. The number of hydrogen-bond acceptors (Lipinski definition) is 7. The van der Waals surface area contributed by atoms with E-state index in [0.717, 1.165) is 83.0 Å². The highest BCUT2D eigenvalue weighted by Crippen LogP contribution is 2.67. The third kappa shape index (κ3) is 10.2. The van der Waals surface area contributed by atoms with Gasteiger partial charge in [-0.1, -0.05) is 120 Å². The van der Waals surface area contributed by atoms with E-state index in [1.165, 1.54) is 56.9 Å². The van der Waals surface area contributed by atoms with E-state index < -0.39 is 17.8 Å². The third-order valence-electron chi connectivity index (χ3n) is 17.8. The normalized spacial score (nSPS) is 29.6. The predicted molar refractivity (Wildman–Crippen MR) is 265 cm³/mol. The quantitative estimate of drug-likeness (QED) is 0.0743. The summed E-state index contributed by atoms with van der Waals surface area (Å²) in [5, 5.41) is 14.3. The zero-order valence-corrected chi connectivity index (χ0v) is 41.6. The molecule has 0 aromatic heterocycles. The fraction of sp³-hybridized carbons (Fsp3) is 0.621. The molecule has 0 spiro atoms. The number of rotatable bonds is 18. The molecule has 3 aromatic rings. The average molecular weight is 917 g/mol. The van der Waals surface area contributed by atoms with Crippen molar-refractivity contribution in [2.75, 3.05) is 40.5 Å². The molecule has 3 aromatic carbocycles. The second kappa shape index (κ2) is 21.1. The van der Waals surface area contributed by atoms with E-state index in [-0.39, 0.29) is 42.9 Å². The topological polar surface area (TPSA) is 107 Å². The minimum Gasteiger partial charge on any atom is -0.497 e. The van der Waals surface area contributed by atoms with Crippen molar-refractivity contribution >= 4 is 12.0 Å². The summed E-state index contributed by atoms with van der Waals surface area (Å²) < 4.78 is 24.1. The zero-order chi connectivity index (χ0) is 47.3. The number of likely N-dealkylation sites (tertiary alicyclic amines) is 1. The number of ether oxygens (including phenoxy) is 4. The van der Waals surface area contributed by atoms with Crippen LogP contribution in [0.4, 0.5) is 4.79 Å². The zero-order valence-electron chi connectivity index (χ0n) is 41.6. The summed E-state index contributed by atoms with van der Waals surface area (Å²) in [5.41, 5.74) is 3.93. The van der Waals surface area contributed by atoms with E-state index in [2.05, 4.69) is 58.1 Å². The molecule has 2 N–H and O–H groups in total. The fourth-order valence-electron chi connectivity index (χ4n) is 14.1. The number of nitrogens with one attached hydrogen (secondary N) is 1. The maximum absolute atomic E-state index is 13.5. The van der Waals surface area contributed by atoms with Crippen LogP contribution >= 0.6 is 0 Å². The molecule has 2 amide bonds. The number of aliphatic hydroxyl groups excluding tert-OH is 1. The standard InChI is InChI=1S/C58H80N2O7/c1-39(2)13-11-14-40(3)50-28-29-51-49-27-22-45-35-48(30-32-56(45,4)52(49)31-33-57(50,51)5)67-55(63)59-34-12-17-54(62)60-36-41(53(61)37-60)38-66-58(42-15-9-8-10-16-42,43-18-23-46(64-6)24-19-43)44-20-25-47(65-7)26-21-44/h8-10,15-16,18-26,39-41,48-53,61H,11-14,17,27-38H2,1-7H3,(H,59,63)/t40?,41?,48-,49?,50+,51?,52?,53?,56-,57+/m0/s1. The highest BCUT2D eigenvalue weighted by atomic mass is 16.6. The number of β-amino-alcohol motifs (C(OH)–C–C–N with tert-alkyl or cyclic N) is 1. The molecule has 4 fully saturated rings. The van der Waals surface area contributed by atoms with Gasteiger partial charge in [0.15, 0.2) is 0 Å². The second-order valence-corrected chi connectivity index (χ2v) is 22.0. The van der Waals surface area contributed by atoms with Gasteiger partial charge in [-0.2, -0.15) is 0 Å². The van der Waals surface area contributed by atoms with Gasteiger partial charge in [0.05, 0.1) is 26.9 Å². The molecule has 67 heavy (non-hydrogen) atoms. The average Bonchev–Trinajstić information content (AvgIpc) is 3.90. The van der Waals surface area contributed by atoms with Crippen molar-refractivity contribution < 1.29 is 33.6 Å². The molecule has 9 nitrogen and oxygen atoms in total. The van der Waals surface area contributed by atoms with Gasteiger partial charge < -0.3 is 34.3 Å². The van der Waals surface area contributed by atoms with Gasteiger partial charge in [0.25, 0.3) is 0 Å². The number of hydrogen-bond donors (Lipinski definition) is 2. The monoisotopic (exact) mass is 917 g/mol. The number of carbonyl (C=O) groups is 2. The highest BCUT2D eigenvalue weighted by molar-refractivity contribution is 5.76. The Morgan fingerprint density at radius 2 is 1.48 bits per heavy atom. The van der Waals surface area contributed by atoms with Crippen molar-refractivity contribution in [3.05, 3.63) is 107 Å². The van der Waals surface area contributed by atoms with Gasteiger partial charge in [0.1, 0.15) is 23.2 Å². The van der Waals surface area contributed by atoms with Crippen LogP contribution in [0.2, 0.25) is 0 Å². The highest BCUT2D eigenvalue weighted by Gasteiger charge is 2.59.